The minimum atomic E-state index is -0.767. The Bertz CT molecular complexity index is 905. The van der Waals surface area contributed by atoms with Crippen molar-refractivity contribution in [3.8, 4) is 11.3 Å². The molecule has 0 saturated heterocycles. The number of carbonyl (C=O) groups is 1. The molecule has 6 heteroatoms. The van der Waals surface area contributed by atoms with Crippen molar-refractivity contribution in [1.82, 2.24) is 5.06 Å². The number of nitrogens with one attached hydrogen (secondary N) is 1. The first-order valence-electron chi connectivity index (χ1n) is 7.37. The molecule has 5 nitrogen and oxygen atoms in total. The van der Waals surface area contributed by atoms with Gasteiger partial charge in [-0.2, -0.15) is 5.06 Å². The second kappa shape index (κ2) is 5.81. The number of amides is 1. The number of furan rings is 1. The van der Waals surface area contributed by atoms with E-state index in [-0.39, 0.29) is 0 Å². The standard InChI is InChI=1S/C18H13BrN2O3/c19-12-7-5-11(6-8-12)15-9-10-16(24-15)17-20-14-4-2-1-3-13(14)18(22)21(17)23/h1-10,17,20,23H/t17-/m0/s1. The van der Waals surface area contributed by atoms with E-state index in [2.05, 4.69) is 21.2 Å². The quantitative estimate of drug-likeness (QED) is 0.630. The molecule has 1 aliphatic rings. The van der Waals surface area contributed by atoms with Gasteiger partial charge in [0.2, 0.25) is 0 Å². The van der Waals surface area contributed by atoms with Gasteiger partial charge in [-0.3, -0.25) is 10.0 Å². The lowest BCUT2D eigenvalue weighted by Gasteiger charge is -2.31. The number of hydroxylamine groups is 2. The number of carbonyl (C=O) groups excluding carboxylic acids is 1. The Morgan fingerprint density at radius 1 is 1.04 bits per heavy atom. The van der Waals surface area contributed by atoms with Crippen LogP contribution in [0, 0.1) is 0 Å². The SMILES string of the molecule is O=C1c2ccccc2N[C@H](c2ccc(-c3ccc(Br)cc3)o2)N1O. The maximum atomic E-state index is 12.3. The number of anilines is 1. The molecule has 2 N–H and O–H groups in total. The molecule has 4 rings (SSSR count). The molecule has 1 aromatic heterocycles. The van der Waals surface area contributed by atoms with Crippen molar-refractivity contribution in [1.29, 1.82) is 0 Å². The molecule has 2 aromatic carbocycles. The van der Waals surface area contributed by atoms with E-state index in [0.29, 0.717) is 27.8 Å². The van der Waals surface area contributed by atoms with Crippen molar-refractivity contribution in [3.63, 3.8) is 0 Å². The van der Waals surface area contributed by atoms with E-state index in [1.54, 1.807) is 24.3 Å². The summed E-state index contributed by atoms with van der Waals surface area (Å²) in [4.78, 5) is 12.3. The number of halogens is 1. The van der Waals surface area contributed by atoms with Gasteiger partial charge in [0.05, 0.1) is 5.56 Å². The zero-order valence-electron chi connectivity index (χ0n) is 12.4. The van der Waals surface area contributed by atoms with Gasteiger partial charge in [0.25, 0.3) is 5.91 Å². The fourth-order valence-corrected chi connectivity index (χ4v) is 2.97. The lowest BCUT2D eigenvalue weighted by Crippen LogP contribution is -2.40. The minimum Gasteiger partial charge on any atom is -0.457 e. The van der Waals surface area contributed by atoms with Gasteiger partial charge in [-0.25, -0.2) is 0 Å². The van der Waals surface area contributed by atoms with Gasteiger partial charge < -0.3 is 9.73 Å². The van der Waals surface area contributed by atoms with Crippen molar-refractivity contribution in [2.45, 2.75) is 6.17 Å². The summed E-state index contributed by atoms with van der Waals surface area (Å²) in [5.74, 6) is 0.660. The highest BCUT2D eigenvalue weighted by molar-refractivity contribution is 9.10. The van der Waals surface area contributed by atoms with E-state index < -0.39 is 12.1 Å². The molecule has 24 heavy (non-hydrogen) atoms. The fraction of sp³-hybridized carbons (Fsp3) is 0.0556. The molecule has 0 spiro atoms. The molecule has 0 radical (unpaired) electrons. The van der Waals surface area contributed by atoms with Gasteiger partial charge in [0.15, 0.2) is 6.17 Å². The molecule has 1 atom stereocenters. The van der Waals surface area contributed by atoms with Crippen LogP contribution in [0.3, 0.4) is 0 Å². The predicted octanol–water partition coefficient (Wildman–Crippen LogP) is 4.66. The van der Waals surface area contributed by atoms with Crippen molar-refractivity contribution >= 4 is 27.5 Å². The number of fused-ring (bicyclic) bond motifs is 1. The third-order valence-electron chi connectivity index (χ3n) is 3.93. The molecule has 0 saturated carbocycles. The summed E-state index contributed by atoms with van der Waals surface area (Å²) in [6.45, 7) is 0. The zero-order chi connectivity index (χ0) is 16.7. The van der Waals surface area contributed by atoms with Crippen LogP contribution in [0.2, 0.25) is 0 Å². The Balaban J connectivity index is 1.67. The van der Waals surface area contributed by atoms with Crippen molar-refractivity contribution in [2.24, 2.45) is 0 Å². The lowest BCUT2D eigenvalue weighted by molar-refractivity contribution is -0.0893. The largest absolute Gasteiger partial charge is 0.457 e. The minimum absolute atomic E-state index is 0.427. The Labute approximate surface area is 146 Å². The van der Waals surface area contributed by atoms with Crippen LogP contribution < -0.4 is 5.32 Å². The average Bonchev–Trinajstić information content (AvgIpc) is 3.08. The monoisotopic (exact) mass is 384 g/mol. The number of benzene rings is 2. The lowest BCUT2D eigenvalue weighted by atomic mass is 10.1. The Hall–Kier alpha value is -2.57. The molecular weight excluding hydrogens is 372 g/mol. The van der Waals surface area contributed by atoms with Crippen LogP contribution >= 0.6 is 15.9 Å². The summed E-state index contributed by atoms with van der Waals surface area (Å²) in [5, 5.41) is 14.0. The van der Waals surface area contributed by atoms with Gasteiger partial charge >= 0.3 is 0 Å². The van der Waals surface area contributed by atoms with E-state index in [1.165, 1.54) is 0 Å². The van der Waals surface area contributed by atoms with E-state index in [1.807, 2.05) is 36.4 Å². The van der Waals surface area contributed by atoms with Crippen LogP contribution in [0.4, 0.5) is 5.69 Å². The van der Waals surface area contributed by atoms with Gasteiger partial charge in [0, 0.05) is 15.7 Å². The third-order valence-corrected chi connectivity index (χ3v) is 4.46. The maximum absolute atomic E-state index is 12.3. The maximum Gasteiger partial charge on any atom is 0.281 e. The molecule has 0 fully saturated rings. The average molecular weight is 385 g/mol. The number of para-hydroxylation sites is 1. The first-order valence-corrected chi connectivity index (χ1v) is 8.16. The van der Waals surface area contributed by atoms with E-state index in [4.69, 9.17) is 4.42 Å². The van der Waals surface area contributed by atoms with E-state index in [9.17, 15) is 10.0 Å². The van der Waals surface area contributed by atoms with E-state index in [0.717, 1.165) is 10.0 Å². The van der Waals surface area contributed by atoms with Crippen molar-refractivity contribution in [3.05, 3.63) is 76.5 Å². The highest BCUT2D eigenvalue weighted by atomic mass is 79.9. The van der Waals surface area contributed by atoms with Crippen LogP contribution in [0.25, 0.3) is 11.3 Å². The third kappa shape index (κ3) is 2.50. The Morgan fingerprint density at radius 3 is 2.58 bits per heavy atom. The number of hydrogen-bond acceptors (Lipinski definition) is 4. The van der Waals surface area contributed by atoms with E-state index >= 15 is 0 Å². The van der Waals surface area contributed by atoms with Gasteiger partial charge in [-0.15, -0.1) is 0 Å². The van der Waals surface area contributed by atoms with Gasteiger partial charge in [0.1, 0.15) is 11.5 Å². The molecule has 1 amide bonds. The van der Waals surface area contributed by atoms with Gasteiger partial charge in [-0.1, -0.05) is 40.2 Å². The summed E-state index contributed by atoms with van der Waals surface area (Å²) in [6, 6.07) is 18.3. The molecule has 2 heterocycles. The summed E-state index contributed by atoms with van der Waals surface area (Å²) >= 11 is 3.40. The molecular formula is C18H13BrN2O3. The highest BCUT2D eigenvalue weighted by Crippen LogP contribution is 2.34. The smallest absolute Gasteiger partial charge is 0.281 e. The number of rotatable bonds is 2. The first kappa shape index (κ1) is 15.0. The number of nitrogens with zero attached hydrogens (tertiary/aromatic N) is 1. The summed E-state index contributed by atoms with van der Waals surface area (Å²) in [7, 11) is 0. The van der Waals surface area contributed by atoms with Crippen molar-refractivity contribution in [2.75, 3.05) is 5.32 Å². The van der Waals surface area contributed by atoms with Crippen molar-refractivity contribution < 1.29 is 14.4 Å². The van der Waals surface area contributed by atoms with Crippen LogP contribution in [-0.4, -0.2) is 16.2 Å². The molecule has 0 aliphatic carbocycles. The van der Waals surface area contributed by atoms with Crippen LogP contribution in [0.1, 0.15) is 22.3 Å². The second-order valence-electron chi connectivity index (χ2n) is 5.45. The van der Waals surface area contributed by atoms with Gasteiger partial charge in [-0.05, 0) is 36.4 Å². The molecule has 3 aromatic rings. The van der Waals surface area contributed by atoms with Crippen LogP contribution in [0.15, 0.2) is 69.6 Å². The van der Waals surface area contributed by atoms with Crippen LogP contribution in [0.5, 0.6) is 0 Å². The summed E-state index contributed by atoms with van der Waals surface area (Å²) in [6.07, 6.45) is -0.767. The molecule has 0 bridgehead atoms. The summed E-state index contributed by atoms with van der Waals surface area (Å²) in [5.41, 5.74) is 2.01. The zero-order valence-corrected chi connectivity index (χ0v) is 14.0. The molecule has 0 unspecified atom stereocenters. The summed E-state index contributed by atoms with van der Waals surface area (Å²) < 4.78 is 6.83. The Morgan fingerprint density at radius 2 is 1.79 bits per heavy atom. The predicted molar refractivity (Wildman–Crippen MR) is 92.6 cm³/mol. The van der Waals surface area contributed by atoms with Crippen LogP contribution in [-0.2, 0) is 0 Å². The topological polar surface area (TPSA) is 65.7 Å². The fourth-order valence-electron chi connectivity index (χ4n) is 2.71. The normalized spacial score (nSPS) is 16.7. The molecule has 1 aliphatic heterocycles. The second-order valence-corrected chi connectivity index (χ2v) is 6.37. The highest BCUT2D eigenvalue weighted by Gasteiger charge is 2.33. The molecule has 120 valence electrons. The Kier molecular flexibility index (Phi) is 3.63. The number of hydrogen-bond donors (Lipinski definition) is 2. The first-order chi connectivity index (χ1) is 11.6.